The van der Waals surface area contributed by atoms with Crippen LogP contribution >= 0.6 is 11.6 Å². The van der Waals surface area contributed by atoms with E-state index in [1.807, 2.05) is 32.0 Å². The van der Waals surface area contributed by atoms with Gasteiger partial charge in [0.25, 0.3) is 5.91 Å². The molecule has 10 heteroatoms. The standard InChI is InChI=1S/C22H19ClN8O/c1-11-18-20(24)26-10-27-22(18)30(28-11)12(2)19-14-8-7-13(23)9-17(14)31(29-19)16-6-4-3-5-15(16)21(25)32/h3-10,12H,1-2H3,(H2,25,32)(H2,24,26,27). The minimum atomic E-state index is -0.540. The summed E-state index contributed by atoms with van der Waals surface area (Å²) in [5, 5.41) is 11.7. The van der Waals surface area contributed by atoms with Gasteiger partial charge in [0.1, 0.15) is 12.1 Å². The number of aromatic nitrogens is 6. The van der Waals surface area contributed by atoms with E-state index in [0.717, 1.165) is 22.3 Å². The molecule has 2 aromatic carbocycles. The first-order chi connectivity index (χ1) is 15.4. The third-order valence-corrected chi connectivity index (χ3v) is 5.76. The number of halogens is 1. The van der Waals surface area contributed by atoms with Crippen LogP contribution < -0.4 is 11.5 Å². The summed E-state index contributed by atoms with van der Waals surface area (Å²) in [6.07, 6.45) is 1.42. The van der Waals surface area contributed by atoms with Crippen molar-refractivity contribution in [1.82, 2.24) is 29.5 Å². The highest BCUT2D eigenvalue weighted by Gasteiger charge is 2.24. The molecule has 1 amide bonds. The second-order valence-electron chi connectivity index (χ2n) is 7.50. The largest absolute Gasteiger partial charge is 0.383 e. The fraction of sp³-hybridized carbons (Fsp3) is 0.136. The van der Waals surface area contributed by atoms with Crippen molar-refractivity contribution in [2.75, 3.05) is 5.73 Å². The molecule has 0 spiro atoms. The van der Waals surface area contributed by atoms with Gasteiger partial charge < -0.3 is 11.5 Å². The second kappa shape index (κ2) is 7.31. The molecule has 0 aliphatic heterocycles. The Balaban J connectivity index is 1.77. The number of amides is 1. The van der Waals surface area contributed by atoms with E-state index < -0.39 is 5.91 Å². The van der Waals surface area contributed by atoms with Crippen molar-refractivity contribution in [2.24, 2.45) is 5.73 Å². The van der Waals surface area contributed by atoms with Gasteiger partial charge in [-0.25, -0.2) is 19.3 Å². The van der Waals surface area contributed by atoms with Crippen molar-refractivity contribution in [1.29, 1.82) is 0 Å². The van der Waals surface area contributed by atoms with Crippen LogP contribution in [0.2, 0.25) is 5.02 Å². The van der Waals surface area contributed by atoms with E-state index in [0.29, 0.717) is 33.1 Å². The molecule has 1 unspecified atom stereocenters. The lowest BCUT2D eigenvalue weighted by molar-refractivity contribution is 0.1000. The fourth-order valence-corrected chi connectivity index (χ4v) is 4.19. The Hall–Kier alpha value is -3.98. The van der Waals surface area contributed by atoms with Crippen LogP contribution in [0.15, 0.2) is 48.8 Å². The second-order valence-corrected chi connectivity index (χ2v) is 7.94. The maximum Gasteiger partial charge on any atom is 0.250 e. The summed E-state index contributed by atoms with van der Waals surface area (Å²) in [5.41, 5.74) is 15.4. The van der Waals surface area contributed by atoms with Crippen LogP contribution in [0, 0.1) is 6.92 Å². The number of hydrogen-bond acceptors (Lipinski definition) is 6. The number of nitrogens with two attached hydrogens (primary N) is 2. The third-order valence-electron chi connectivity index (χ3n) is 5.53. The van der Waals surface area contributed by atoms with E-state index in [-0.39, 0.29) is 6.04 Å². The number of anilines is 1. The Morgan fingerprint density at radius 1 is 1.12 bits per heavy atom. The number of primary amides is 1. The number of hydrogen-bond donors (Lipinski definition) is 2. The average molecular weight is 447 g/mol. The van der Waals surface area contributed by atoms with E-state index in [9.17, 15) is 4.79 Å². The molecule has 5 aromatic rings. The Labute approximate surface area is 187 Å². The van der Waals surface area contributed by atoms with E-state index in [4.69, 9.17) is 28.2 Å². The SMILES string of the molecule is Cc1nn(C(C)c2nn(-c3ccccc3C(N)=O)c3cc(Cl)ccc23)c2ncnc(N)c12. The normalized spacial score (nSPS) is 12.5. The van der Waals surface area contributed by atoms with Crippen molar-refractivity contribution in [2.45, 2.75) is 19.9 Å². The summed E-state index contributed by atoms with van der Waals surface area (Å²) in [7, 11) is 0. The molecule has 3 heterocycles. The van der Waals surface area contributed by atoms with Gasteiger partial charge in [0.15, 0.2) is 5.65 Å². The number of fused-ring (bicyclic) bond motifs is 2. The number of carbonyl (C=O) groups excluding carboxylic acids is 1. The number of nitrogens with zero attached hydrogens (tertiary/aromatic N) is 6. The summed E-state index contributed by atoms with van der Waals surface area (Å²) in [6, 6.07) is 12.3. The number of para-hydroxylation sites is 1. The minimum absolute atomic E-state index is 0.300. The highest BCUT2D eigenvalue weighted by Crippen LogP contribution is 2.33. The van der Waals surface area contributed by atoms with Gasteiger partial charge in [-0.05, 0) is 44.2 Å². The van der Waals surface area contributed by atoms with Gasteiger partial charge in [-0.1, -0.05) is 23.7 Å². The zero-order chi connectivity index (χ0) is 22.6. The molecule has 4 N–H and O–H groups in total. The molecule has 0 aliphatic carbocycles. The molecule has 3 aromatic heterocycles. The van der Waals surface area contributed by atoms with Gasteiger partial charge in [-0.15, -0.1) is 0 Å². The van der Waals surface area contributed by atoms with Gasteiger partial charge in [-0.3, -0.25) is 4.79 Å². The monoisotopic (exact) mass is 446 g/mol. The zero-order valence-electron chi connectivity index (χ0n) is 17.3. The van der Waals surface area contributed by atoms with Crippen molar-refractivity contribution >= 4 is 45.3 Å². The number of carbonyl (C=O) groups is 1. The van der Waals surface area contributed by atoms with Crippen molar-refractivity contribution < 1.29 is 4.79 Å². The van der Waals surface area contributed by atoms with Gasteiger partial charge >= 0.3 is 0 Å². The first kappa shape index (κ1) is 20.0. The quantitative estimate of drug-likeness (QED) is 0.435. The molecule has 9 nitrogen and oxygen atoms in total. The minimum Gasteiger partial charge on any atom is -0.383 e. The van der Waals surface area contributed by atoms with Gasteiger partial charge in [0, 0.05) is 10.4 Å². The number of rotatable bonds is 4. The topological polar surface area (TPSA) is 131 Å². The van der Waals surface area contributed by atoms with Gasteiger partial charge in [0.05, 0.1) is 39.6 Å². The summed E-state index contributed by atoms with van der Waals surface area (Å²) in [6.45, 7) is 3.84. The molecule has 32 heavy (non-hydrogen) atoms. The van der Waals surface area contributed by atoms with E-state index in [1.54, 1.807) is 33.6 Å². The van der Waals surface area contributed by atoms with Crippen LogP contribution in [0.4, 0.5) is 5.82 Å². The highest BCUT2D eigenvalue weighted by atomic mass is 35.5. The molecule has 0 fully saturated rings. The lowest BCUT2D eigenvalue weighted by Gasteiger charge is -2.11. The average Bonchev–Trinajstić information content (AvgIpc) is 3.32. The van der Waals surface area contributed by atoms with E-state index >= 15 is 0 Å². The van der Waals surface area contributed by atoms with Crippen LogP contribution in [0.5, 0.6) is 0 Å². The lowest BCUT2D eigenvalue weighted by Crippen LogP contribution is -2.15. The summed E-state index contributed by atoms with van der Waals surface area (Å²) < 4.78 is 3.47. The van der Waals surface area contributed by atoms with E-state index in [2.05, 4.69) is 15.1 Å². The molecule has 0 bridgehead atoms. The van der Waals surface area contributed by atoms with Crippen LogP contribution in [0.3, 0.4) is 0 Å². The summed E-state index contributed by atoms with van der Waals surface area (Å²) in [4.78, 5) is 20.5. The lowest BCUT2D eigenvalue weighted by atomic mass is 10.1. The zero-order valence-corrected chi connectivity index (χ0v) is 18.1. The maximum absolute atomic E-state index is 12.1. The Morgan fingerprint density at radius 2 is 1.91 bits per heavy atom. The van der Waals surface area contributed by atoms with Crippen molar-refractivity contribution in [3.05, 3.63) is 70.8 Å². The molecular weight excluding hydrogens is 428 g/mol. The summed E-state index contributed by atoms with van der Waals surface area (Å²) in [5.74, 6) is -0.162. The molecule has 0 saturated carbocycles. The van der Waals surface area contributed by atoms with Crippen LogP contribution in [-0.2, 0) is 0 Å². The Bertz CT molecular complexity index is 1520. The van der Waals surface area contributed by atoms with Crippen LogP contribution in [0.1, 0.15) is 34.7 Å². The molecular formula is C22H19ClN8O. The van der Waals surface area contributed by atoms with Crippen LogP contribution in [-0.4, -0.2) is 35.4 Å². The van der Waals surface area contributed by atoms with Gasteiger partial charge in [0.2, 0.25) is 0 Å². The highest BCUT2D eigenvalue weighted by molar-refractivity contribution is 6.31. The molecule has 160 valence electrons. The Kier molecular flexibility index (Phi) is 4.56. The molecule has 1 atom stereocenters. The predicted octanol–water partition coefficient (Wildman–Crippen LogP) is 3.42. The van der Waals surface area contributed by atoms with Crippen molar-refractivity contribution in [3.63, 3.8) is 0 Å². The first-order valence-electron chi connectivity index (χ1n) is 9.89. The predicted molar refractivity (Wildman–Crippen MR) is 123 cm³/mol. The summed E-state index contributed by atoms with van der Waals surface area (Å²) >= 11 is 6.30. The Morgan fingerprint density at radius 3 is 2.69 bits per heavy atom. The third kappa shape index (κ3) is 2.97. The molecule has 0 aliphatic rings. The molecule has 0 saturated heterocycles. The first-order valence-corrected chi connectivity index (χ1v) is 10.3. The molecule has 0 radical (unpaired) electrons. The number of nitrogen functional groups attached to an aromatic ring is 1. The maximum atomic E-state index is 12.1. The van der Waals surface area contributed by atoms with Crippen LogP contribution in [0.25, 0.3) is 27.6 Å². The van der Waals surface area contributed by atoms with Crippen molar-refractivity contribution in [3.8, 4) is 5.69 Å². The molecule has 5 rings (SSSR count). The smallest absolute Gasteiger partial charge is 0.250 e. The fourth-order valence-electron chi connectivity index (χ4n) is 4.03. The number of aryl methyl sites for hydroxylation is 1. The van der Waals surface area contributed by atoms with E-state index in [1.165, 1.54) is 6.33 Å². The van der Waals surface area contributed by atoms with Gasteiger partial charge in [-0.2, -0.15) is 10.2 Å². The number of benzene rings is 2.